The van der Waals surface area contributed by atoms with E-state index < -0.39 is 0 Å². The van der Waals surface area contributed by atoms with Crippen molar-refractivity contribution in [3.63, 3.8) is 0 Å². The number of piperidine rings is 1. The summed E-state index contributed by atoms with van der Waals surface area (Å²) in [4.78, 5) is 2.55. The van der Waals surface area contributed by atoms with Crippen LogP contribution in [0.25, 0.3) is 0 Å². The van der Waals surface area contributed by atoms with Gasteiger partial charge in [-0.25, -0.2) is 0 Å². The zero-order valence-electron chi connectivity index (χ0n) is 11.6. The van der Waals surface area contributed by atoms with Gasteiger partial charge in [-0.3, -0.25) is 0 Å². The smallest absolute Gasteiger partial charge is 0.0462 e. The molecule has 106 valence electrons. The van der Waals surface area contributed by atoms with E-state index in [2.05, 4.69) is 46.1 Å². The van der Waals surface area contributed by atoms with Gasteiger partial charge in [0.05, 0.1) is 0 Å². The summed E-state index contributed by atoms with van der Waals surface area (Å²) in [5.41, 5.74) is 1.18. The predicted molar refractivity (Wildman–Crippen MR) is 85.7 cm³/mol. The average Bonchev–Trinajstić information content (AvgIpc) is 2.38. The normalized spacial score (nSPS) is 18.2. The van der Waals surface area contributed by atoms with Crippen molar-refractivity contribution in [2.45, 2.75) is 45.3 Å². The topological polar surface area (TPSA) is 15.3 Å². The summed E-state index contributed by atoms with van der Waals surface area (Å²) in [7, 11) is 0. The highest BCUT2D eigenvalue weighted by molar-refractivity contribution is 9.10. The largest absolute Gasteiger partial charge is 0.310 e. The van der Waals surface area contributed by atoms with Crippen LogP contribution in [0.3, 0.4) is 0 Å². The molecule has 0 bridgehead atoms. The zero-order valence-corrected chi connectivity index (χ0v) is 14.0. The van der Waals surface area contributed by atoms with Gasteiger partial charge in [0.15, 0.2) is 0 Å². The molecule has 0 aromatic heterocycles. The van der Waals surface area contributed by atoms with Crippen LogP contribution in [0.2, 0.25) is 5.02 Å². The zero-order chi connectivity index (χ0) is 13.8. The van der Waals surface area contributed by atoms with E-state index in [9.17, 15) is 0 Å². The quantitative estimate of drug-likeness (QED) is 0.885. The molecule has 1 heterocycles. The molecule has 19 heavy (non-hydrogen) atoms. The van der Waals surface area contributed by atoms with Crippen LogP contribution in [-0.2, 0) is 6.54 Å². The summed E-state index contributed by atoms with van der Waals surface area (Å²) in [6.45, 7) is 7.80. The Morgan fingerprint density at radius 1 is 1.37 bits per heavy atom. The van der Waals surface area contributed by atoms with Crippen LogP contribution < -0.4 is 5.32 Å². The summed E-state index contributed by atoms with van der Waals surface area (Å²) in [5.74, 6) is 0. The Bertz CT molecular complexity index is 415. The number of likely N-dealkylation sites (tertiary alicyclic amines) is 1. The van der Waals surface area contributed by atoms with Crippen LogP contribution in [0.5, 0.6) is 0 Å². The molecule has 0 atom stereocenters. The lowest BCUT2D eigenvalue weighted by Crippen LogP contribution is -2.44. The monoisotopic (exact) mass is 344 g/mol. The fourth-order valence-electron chi connectivity index (χ4n) is 2.54. The lowest BCUT2D eigenvalue weighted by molar-refractivity contribution is 0.161. The molecule has 0 unspecified atom stereocenters. The summed E-state index contributed by atoms with van der Waals surface area (Å²) < 4.78 is 1.03. The molecule has 1 aromatic rings. The van der Waals surface area contributed by atoms with Crippen LogP contribution in [-0.4, -0.2) is 30.1 Å². The van der Waals surface area contributed by atoms with Gasteiger partial charge in [0.2, 0.25) is 0 Å². The van der Waals surface area contributed by atoms with Crippen molar-refractivity contribution in [1.29, 1.82) is 0 Å². The van der Waals surface area contributed by atoms with Crippen molar-refractivity contribution in [2.24, 2.45) is 0 Å². The molecule has 0 aliphatic carbocycles. The molecule has 0 saturated carbocycles. The second-order valence-electron chi connectivity index (χ2n) is 5.52. The maximum atomic E-state index is 6.23. The molecule has 0 amide bonds. The molecule has 1 aliphatic heterocycles. The third-order valence-corrected chi connectivity index (χ3v) is 4.70. The Balaban J connectivity index is 1.80. The predicted octanol–water partition coefficient (Wildman–Crippen LogP) is 4.06. The minimum atomic E-state index is 0.620. The number of hydrogen-bond acceptors (Lipinski definition) is 2. The third-order valence-electron chi connectivity index (χ3n) is 3.86. The Morgan fingerprint density at radius 2 is 2.05 bits per heavy atom. The van der Waals surface area contributed by atoms with Crippen molar-refractivity contribution < 1.29 is 0 Å². The third kappa shape index (κ3) is 4.45. The van der Waals surface area contributed by atoms with Gasteiger partial charge in [0.25, 0.3) is 0 Å². The minimum absolute atomic E-state index is 0.620. The molecule has 1 saturated heterocycles. The molecule has 2 rings (SSSR count). The molecule has 1 fully saturated rings. The average molecular weight is 346 g/mol. The molecule has 1 N–H and O–H groups in total. The van der Waals surface area contributed by atoms with Gasteiger partial charge in [-0.1, -0.05) is 33.6 Å². The highest BCUT2D eigenvalue weighted by atomic mass is 79.9. The number of rotatable bonds is 4. The van der Waals surface area contributed by atoms with Crippen LogP contribution in [0.15, 0.2) is 22.7 Å². The maximum Gasteiger partial charge on any atom is 0.0462 e. The minimum Gasteiger partial charge on any atom is -0.310 e. The molecule has 1 aliphatic rings. The Kier molecular flexibility index (Phi) is 5.70. The lowest BCUT2D eigenvalue weighted by atomic mass is 10.0. The second-order valence-corrected chi connectivity index (χ2v) is 6.84. The summed E-state index contributed by atoms with van der Waals surface area (Å²) in [6.07, 6.45) is 2.46. The van der Waals surface area contributed by atoms with Gasteiger partial charge in [0, 0.05) is 28.1 Å². The first-order valence-electron chi connectivity index (χ1n) is 6.97. The fourth-order valence-corrected chi connectivity index (χ4v) is 3.28. The molecule has 2 nitrogen and oxygen atoms in total. The van der Waals surface area contributed by atoms with E-state index in [1.54, 1.807) is 0 Å². The summed E-state index contributed by atoms with van der Waals surface area (Å²) in [6, 6.07) is 7.38. The highest BCUT2D eigenvalue weighted by Crippen LogP contribution is 2.22. The van der Waals surface area contributed by atoms with E-state index in [1.807, 2.05) is 12.1 Å². The van der Waals surface area contributed by atoms with E-state index in [-0.39, 0.29) is 0 Å². The Labute approximate surface area is 129 Å². The van der Waals surface area contributed by atoms with Crippen LogP contribution in [0.4, 0.5) is 0 Å². The fraction of sp³-hybridized carbons (Fsp3) is 0.600. The molecule has 0 spiro atoms. The Hall–Kier alpha value is -0.0900. The first-order valence-corrected chi connectivity index (χ1v) is 8.14. The molecule has 0 radical (unpaired) electrons. The van der Waals surface area contributed by atoms with E-state index in [0.29, 0.717) is 12.1 Å². The highest BCUT2D eigenvalue weighted by Gasteiger charge is 2.20. The van der Waals surface area contributed by atoms with Crippen molar-refractivity contribution in [3.05, 3.63) is 33.3 Å². The molecule has 1 aromatic carbocycles. The van der Waals surface area contributed by atoms with Gasteiger partial charge in [-0.2, -0.15) is 0 Å². The van der Waals surface area contributed by atoms with Crippen LogP contribution in [0, 0.1) is 0 Å². The lowest BCUT2D eigenvalue weighted by Gasteiger charge is -2.35. The number of halogens is 2. The van der Waals surface area contributed by atoms with E-state index >= 15 is 0 Å². The first kappa shape index (κ1) is 15.3. The van der Waals surface area contributed by atoms with Crippen molar-refractivity contribution in [3.8, 4) is 0 Å². The summed E-state index contributed by atoms with van der Waals surface area (Å²) in [5, 5.41) is 4.47. The van der Waals surface area contributed by atoms with E-state index in [4.69, 9.17) is 11.6 Å². The van der Waals surface area contributed by atoms with E-state index in [1.165, 1.54) is 31.5 Å². The van der Waals surface area contributed by atoms with Crippen molar-refractivity contribution in [2.75, 3.05) is 13.1 Å². The first-order chi connectivity index (χ1) is 9.06. The number of hydrogen-bond donors (Lipinski definition) is 1. The standard InChI is InChI=1S/C15H22BrClN2/c1-11(2)19-7-5-14(6-8-19)18-10-12-3-4-13(16)9-15(12)17/h3-4,9,11,14,18H,5-8,10H2,1-2H3. The van der Waals surface area contributed by atoms with Gasteiger partial charge < -0.3 is 10.2 Å². The van der Waals surface area contributed by atoms with Gasteiger partial charge in [-0.05, 0) is 57.5 Å². The van der Waals surface area contributed by atoms with E-state index in [0.717, 1.165) is 16.0 Å². The molecule has 4 heteroatoms. The van der Waals surface area contributed by atoms with Gasteiger partial charge in [-0.15, -0.1) is 0 Å². The molecular weight excluding hydrogens is 324 g/mol. The van der Waals surface area contributed by atoms with Crippen molar-refractivity contribution >= 4 is 27.5 Å². The molecular formula is C15H22BrClN2. The van der Waals surface area contributed by atoms with Gasteiger partial charge in [0.1, 0.15) is 0 Å². The van der Waals surface area contributed by atoms with Crippen molar-refractivity contribution in [1.82, 2.24) is 10.2 Å². The second kappa shape index (κ2) is 7.07. The number of nitrogens with zero attached hydrogens (tertiary/aromatic N) is 1. The SMILES string of the molecule is CC(C)N1CCC(NCc2ccc(Br)cc2Cl)CC1. The van der Waals surface area contributed by atoms with Crippen LogP contribution in [0.1, 0.15) is 32.3 Å². The summed E-state index contributed by atoms with van der Waals surface area (Å²) >= 11 is 9.67. The maximum absolute atomic E-state index is 6.23. The number of nitrogens with one attached hydrogen (secondary N) is 1. The number of benzene rings is 1. The van der Waals surface area contributed by atoms with Gasteiger partial charge >= 0.3 is 0 Å². The Morgan fingerprint density at radius 3 is 2.63 bits per heavy atom. The van der Waals surface area contributed by atoms with Crippen LogP contribution >= 0.6 is 27.5 Å².